The van der Waals surface area contributed by atoms with E-state index in [1.165, 1.54) is 12.7 Å². The number of nitrogens with two attached hydrogens (primary N) is 1. The first-order chi connectivity index (χ1) is 8.19. The Bertz CT molecular complexity index is 343. The van der Waals surface area contributed by atoms with Gasteiger partial charge >= 0.3 is 5.97 Å². The first-order valence-corrected chi connectivity index (χ1v) is 5.56. The van der Waals surface area contributed by atoms with Crippen LogP contribution in [0.15, 0.2) is 24.5 Å². The molecule has 0 aliphatic heterocycles. The summed E-state index contributed by atoms with van der Waals surface area (Å²) in [5.74, 6) is -0.287. The van der Waals surface area contributed by atoms with E-state index in [0.717, 1.165) is 13.0 Å². The summed E-state index contributed by atoms with van der Waals surface area (Å²) in [6.45, 7) is 1.01. The standard InChI is InChI=1S/C12H19N3O2/c1-15(11(9-13)12(16)17-2)8-5-10-3-6-14-7-4-10/h3-4,6-7,11H,5,8-9,13H2,1-2H3. The summed E-state index contributed by atoms with van der Waals surface area (Å²) in [5.41, 5.74) is 6.75. The summed E-state index contributed by atoms with van der Waals surface area (Å²) in [5, 5.41) is 0. The summed E-state index contributed by atoms with van der Waals surface area (Å²) in [4.78, 5) is 17.3. The molecular weight excluding hydrogens is 218 g/mol. The van der Waals surface area contributed by atoms with Gasteiger partial charge in [-0.15, -0.1) is 0 Å². The fourth-order valence-electron chi connectivity index (χ4n) is 1.60. The maximum absolute atomic E-state index is 11.4. The quantitative estimate of drug-likeness (QED) is 0.708. The monoisotopic (exact) mass is 237 g/mol. The maximum atomic E-state index is 11.4. The second kappa shape index (κ2) is 6.98. The van der Waals surface area contributed by atoms with Gasteiger partial charge in [-0.1, -0.05) is 0 Å². The molecule has 1 aromatic heterocycles. The van der Waals surface area contributed by atoms with Gasteiger partial charge in [-0.3, -0.25) is 14.7 Å². The molecule has 0 aromatic carbocycles. The second-order valence-electron chi connectivity index (χ2n) is 3.86. The summed E-state index contributed by atoms with van der Waals surface area (Å²) in [6, 6.07) is 3.55. The predicted octanol–water partition coefficient (Wildman–Crippen LogP) is 0.0562. The molecule has 1 unspecified atom stereocenters. The van der Waals surface area contributed by atoms with Gasteiger partial charge in [-0.2, -0.15) is 0 Å². The average Bonchev–Trinajstić information content (AvgIpc) is 2.38. The van der Waals surface area contributed by atoms with Gasteiger partial charge in [0.15, 0.2) is 0 Å². The average molecular weight is 237 g/mol. The molecule has 1 aromatic rings. The molecule has 0 amide bonds. The van der Waals surface area contributed by atoms with Gasteiger partial charge < -0.3 is 10.5 Å². The van der Waals surface area contributed by atoms with Crippen molar-refractivity contribution in [2.45, 2.75) is 12.5 Å². The van der Waals surface area contributed by atoms with Crippen LogP contribution in [0.2, 0.25) is 0 Å². The number of esters is 1. The number of carbonyl (C=O) groups excluding carboxylic acids is 1. The molecule has 5 heteroatoms. The Morgan fingerprint density at radius 1 is 1.53 bits per heavy atom. The van der Waals surface area contributed by atoms with Crippen LogP contribution in [-0.2, 0) is 16.0 Å². The number of ether oxygens (including phenoxy) is 1. The highest BCUT2D eigenvalue weighted by atomic mass is 16.5. The number of rotatable bonds is 6. The van der Waals surface area contributed by atoms with Crippen molar-refractivity contribution >= 4 is 5.97 Å². The molecule has 1 rings (SSSR count). The highest BCUT2D eigenvalue weighted by molar-refractivity contribution is 5.75. The van der Waals surface area contributed by atoms with Crippen molar-refractivity contribution in [3.8, 4) is 0 Å². The van der Waals surface area contributed by atoms with E-state index >= 15 is 0 Å². The fraction of sp³-hybridized carbons (Fsp3) is 0.500. The Kier molecular flexibility index (Phi) is 5.59. The normalized spacial score (nSPS) is 12.5. The molecular formula is C12H19N3O2. The molecule has 17 heavy (non-hydrogen) atoms. The van der Waals surface area contributed by atoms with Crippen LogP contribution in [0, 0.1) is 0 Å². The highest BCUT2D eigenvalue weighted by Crippen LogP contribution is 2.02. The van der Waals surface area contributed by atoms with Crippen LogP contribution in [0.3, 0.4) is 0 Å². The Labute approximate surface area is 102 Å². The molecule has 0 saturated heterocycles. The van der Waals surface area contributed by atoms with Gasteiger partial charge in [0.1, 0.15) is 6.04 Å². The van der Waals surface area contributed by atoms with Gasteiger partial charge in [0.2, 0.25) is 0 Å². The van der Waals surface area contributed by atoms with E-state index in [0.29, 0.717) is 0 Å². The minimum Gasteiger partial charge on any atom is -0.468 e. The second-order valence-corrected chi connectivity index (χ2v) is 3.86. The maximum Gasteiger partial charge on any atom is 0.324 e. The van der Waals surface area contributed by atoms with E-state index in [2.05, 4.69) is 4.98 Å². The number of nitrogens with zero attached hydrogens (tertiary/aromatic N) is 2. The van der Waals surface area contributed by atoms with Crippen molar-refractivity contribution in [3.05, 3.63) is 30.1 Å². The third-order valence-electron chi connectivity index (χ3n) is 2.73. The number of hydrogen-bond donors (Lipinski definition) is 1. The van der Waals surface area contributed by atoms with Crippen LogP contribution in [0.4, 0.5) is 0 Å². The first kappa shape index (κ1) is 13.6. The minimum atomic E-state index is -0.373. The summed E-state index contributed by atoms with van der Waals surface area (Å²) >= 11 is 0. The summed E-state index contributed by atoms with van der Waals surface area (Å²) in [6.07, 6.45) is 4.37. The summed E-state index contributed by atoms with van der Waals surface area (Å²) < 4.78 is 4.71. The van der Waals surface area contributed by atoms with Crippen molar-refractivity contribution in [1.29, 1.82) is 0 Å². The van der Waals surface area contributed by atoms with Gasteiger partial charge in [-0.25, -0.2) is 0 Å². The van der Waals surface area contributed by atoms with E-state index in [1.54, 1.807) is 12.4 Å². The molecule has 0 aliphatic rings. The van der Waals surface area contributed by atoms with E-state index in [1.807, 2.05) is 24.1 Å². The molecule has 0 fully saturated rings. The largest absolute Gasteiger partial charge is 0.468 e. The molecule has 94 valence electrons. The lowest BCUT2D eigenvalue weighted by atomic mass is 10.1. The number of carbonyl (C=O) groups is 1. The van der Waals surface area contributed by atoms with Crippen LogP contribution in [0.1, 0.15) is 5.56 Å². The number of pyridine rings is 1. The lowest BCUT2D eigenvalue weighted by molar-refractivity contribution is -0.146. The van der Waals surface area contributed by atoms with Crippen molar-refractivity contribution in [3.63, 3.8) is 0 Å². The lowest BCUT2D eigenvalue weighted by Gasteiger charge is -2.24. The molecule has 0 radical (unpaired) electrons. The van der Waals surface area contributed by atoms with Gasteiger partial charge in [0, 0.05) is 25.5 Å². The van der Waals surface area contributed by atoms with Crippen LogP contribution >= 0.6 is 0 Å². The van der Waals surface area contributed by atoms with Gasteiger partial charge in [0.25, 0.3) is 0 Å². The number of hydrogen-bond acceptors (Lipinski definition) is 5. The zero-order chi connectivity index (χ0) is 12.7. The van der Waals surface area contributed by atoms with Crippen LogP contribution in [0.5, 0.6) is 0 Å². The minimum absolute atomic E-state index is 0.263. The predicted molar refractivity (Wildman–Crippen MR) is 65.4 cm³/mol. The lowest BCUT2D eigenvalue weighted by Crippen LogP contribution is -2.45. The summed E-state index contributed by atoms with van der Waals surface area (Å²) in [7, 11) is 3.25. The van der Waals surface area contributed by atoms with Crippen LogP contribution in [0.25, 0.3) is 0 Å². The molecule has 5 nitrogen and oxygen atoms in total. The number of likely N-dealkylation sites (N-methyl/N-ethyl adjacent to an activating group) is 1. The Hall–Kier alpha value is -1.46. The third kappa shape index (κ3) is 4.13. The smallest absolute Gasteiger partial charge is 0.324 e. The van der Waals surface area contributed by atoms with E-state index < -0.39 is 0 Å². The first-order valence-electron chi connectivity index (χ1n) is 5.56. The third-order valence-corrected chi connectivity index (χ3v) is 2.73. The van der Waals surface area contributed by atoms with Crippen molar-refractivity contribution < 1.29 is 9.53 Å². The van der Waals surface area contributed by atoms with Gasteiger partial charge in [0.05, 0.1) is 7.11 Å². The van der Waals surface area contributed by atoms with Crippen molar-refractivity contribution in [2.75, 3.05) is 27.2 Å². The Morgan fingerprint density at radius 3 is 2.71 bits per heavy atom. The molecule has 0 saturated carbocycles. The van der Waals surface area contributed by atoms with Crippen LogP contribution in [-0.4, -0.2) is 49.1 Å². The van der Waals surface area contributed by atoms with Crippen LogP contribution < -0.4 is 5.73 Å². The van der Waals surface area contributed by atoms with Crippen molar-refractivity contribution in [1.82, 2.24) is 9.88 Å². The topological polar surface area (TPSA) is 68.5 Å². The molecule has 0 spiro atoms. The number of methoxy groups -OCH3 is 1. The van der Waals surface area contributed by atoms with E-state index in [4.69, 9.17) is 10.5 Å². The van der Waals surface area contributed by atoms with E-state index in [-0.39, 0.29) is 18.6 Å². The zero-order valence-corrected chi connectivity index (χ0v) is 10.3. The molecule has 0 aliphatic carbocycles. The molecule has 1 atom stereocenters. The Morgan fingerprint density at radius 2 is 2.18 bits per heavy atom. The highest BCUT2D eigenvalue weighted by Gasteiger charge is 2.21. The SMILES string of the molecule is COC(=O)C(CN)N(C)CCc1ccncc1. The molecule has 0 bridgehead atoms. The Balaban J connectivity index is 2.48. The molecule has 1 heterocycles. The zero-order valence-electron chi connectivity index (χ0n) is 10.3. The fourth-order valence-corrected chi connectivity index (χ4v) is 1.60. The van der Waals surface area contributed by atoms with Gasteiger partial charge in [-0.05, 0) is 31.2 Å². The number of aromatic nitrogens is 1. The van der Waals surface area contributed by atoms with Crippen molar-refractivity contribution in [2.24, 2.45) is 5.73 Å². The molecule has 2 N–H and O–H groups in total. The van der Waals surface area contributed by atoms with E-state index in [9.17, 15) is 4.79 Å².